The number of rotatable bonds is 3. The minimum atomic E-state index is -3.93. The van der Waals surface area contributed by atoms with Crippen LogP contribution in [0.2, 0.25) is 0 Å². The van der Waals surface area contributed by atoms with E-state index in [2.05, 4.69) is 14.9 Å². The molecule has 0 aromatic carbocycles. The van der Waals surface area contributed by atoms with Crippen molar-refractivity contribution in [3.05, 3.63) is 35.7 Å². The van der Waals surface area contributed by atoms with E-state index in [0.29, 0.717) is 0 Å². The Balaban J connectivity index is 2.43. The van der Waals surface area contributed by atoms with Gasteiger partial charge in [0.05, 0.1) is 11.9 Å². The molecule has 0 unspecified atom stereocenters. The van der Waals surface area contributed by atoms with Gasteiger partial charge in [0.25, 0.3) is 10.0 Å². The van der Waals surface area contributed by atoms with E-state index in [-0.39, 0.29) is 22.0 Å². The number of nitrogens with one attached hydrogen (secondary N) is 1. The van der Waals surface area contributed by atoms with Crippen LogP contribution in [0.5, 0.6) is 0 Å². The first-order valence-electron chi connectivity index (χ1n) is 4.97. The van der Waals surface area contributed by atoms with Crippen molar-refractivity contribution in [3.8, 4) is 0 Å². The van der Waals surface area contributed by atoms with Gasteiger partial charge in [-0.3, -0.25) is 9.71 Å². The van der Waals surface area contributed by atoms with Crippen LogP contribution in [0.1, 0.15) is 11.5 Å². The van der Waals surface area contributed by atoms with Crippen molar-refractivity contribution >= 4 is 15.7 Å². The summed E-state index contributed by atoms with van der Waals surface area (Å²) in [6, 6.07) is 1.23. The maximum absolute atomic E-state index is 13.3. The molecule has 2 aromatic heterocycles. The summed E-state index contributed by atoms with van der Waals surface area (Å²) in [5.41, 5.74) is 0.0412. The van der Waals surface area contributed by atoms with E-state index in [1.807, 2.05) is 0 Å². The number of hydrogen-bond acceptors (Lipinski definition) is 5. The number of aromatic nitrogens is 2. The predicted molar refractivity (Wildman–Crippen MR) is 61.0 cm³/mol. The van der Waals surface area contributed by atoms with Gasteiger partial charge in [0.15, 0.2) is 16.5 Å². The highest BCUT2D eigenvalue weighted by Crippen LogP contribution is 2.23. The molecule has 2 heterocycles. The van der Waals surface area contributed by atoms with Gasteiger partial charge in [-0.15, -0.1) is 0 Å². The summed E-state index contributed by atoms with van der Waals surface area (Å²) in [6.07, 6.45) is 2.21. The van der Waals surface area contributed by atoms with Crippen LogP contribution >= 0.6 is 0 Å². The summed E-state index contributed by atoms with van der Waals surface area (Å²) >= 11 is 0. The second kappa shape index (κ2) is 4.37. The van der Waals surface area contributed by atoms with Crippen LogP contribution in [0.4, 0.5) is 10.1 Å². The minimum Gasteiger partial charge on any atom is -0.360 e. The SMILES string of the molecule is Cc1noc(C)c1S(=O)(=O)Nc1ccncc1F. The lowest BCUT2D eigenvalue weighted by Gasteiger charge is -2.07. The second-order valence-corrected chi connectivity index (χ2v) is 5.23. The van der Waals surface area contributed by atoms with Crippen LogP contribution in [0.15, 0.2) is 27.9 Å². The molecule has 8 heteroatoms. The van der Waals surface area contributed by atoms with E-state index in [1.54, 1.807) is 0 Å². The minimum absolute atomic E-state index is 0.0845. The summed E-state index contributed by atoms with van der Waals surface area (Å²) in [5, 5.41) is 3.55. The number of pyridine rings is 1. The number of hydrogen-bond donors (Lipinski definition) is 1. The van der Waals surface area contributed by atoms with Crippen molar-refractivity contribution in [2.45, 2.75) is 18.7 Å². The molecule has 0 bridgehead atoms. The zero-order valence-corrected chi connectivity index (χ0v) is 10.5. The molecule has 0 radical (unpaired) electrons. The van der Waals surface area contributed by atoms with E-state index >= 15 is 0 Å². The molecule has 0 fully saturated rings. The number of aryl methyl sites for hydroxylation is 2. The lowest BCUT2D eigenvalue weighted by molar-refractivity contribution is 0.390. The van der Waals surface area contributed by atoms with Gasteiger partial charge >= 0.3 is 0 Å². The third kappa shape index (κ3) is 2.19. The third-order valence-electron chi connectivity index (χ3n) is 2.25. The fourth-order valence-electron chi connectivity index (χ4n) is 1.51. The summed E-state index contributed by atoms with van der Waals surface area (Å²) in [4.78, 5) is 3.45. The van der Waals surface area contributed by atoms with E-state index in [0.717, 1.165) is 6.20 Å². The zero-order valence-electron chi connectivity index (χ0n) is 9.64. The number of halogens is 1. The lowest BCUT2D eigenvalue weighted by Crippen LogP contribution is -2.15. The molecule has 0 aliphatic carbocycles. The highest BCUT2D eigenvalue weighted by atomic mass is 32.2. The van der Waals surface area contributed by atoms with Crippen molar-refractivity contribution in [1.82, 2.24) is 10.1 Å². The van der Waals surface area contributed by atoms with Gasteiger partial charge in [0.2, 0.25) is 0 Å². The highest BCUT2D eigenvalue weighted by molar-refractivity contribution is 7.92. The molecule has 0 saturated carbocycles. The molecule has 2 rings (SSSR count). The van der Waals surface area contributed by atoms with E-state index < -0.39 is 15.8 Å². The Morgan fingerprint density at radius 3 is 2.67 bits per heavy atom. The van der Waals surface area contributed by atoms with Crippen LogP contribution in [0.3, 0.4) is 0 Å². The molecule has 6 nitrogen and oxygen atoms in total. The fourth-order valence-corrected chi connectivity index (χ4v) is 2.91. The van der Waals surface area contributed by atoms with Crippen LogP contribution in [0, 0.1) is 19.7 Å². The second-order valence-electron chi connectivity index (χ2n) is 3.61. The molecule has 0 amide bonds. The smallest absolute Gasteiger partial charge is 0.267 e. The predicted octanol–water partition coefficient (Wildman–Crippen LogP) is 1.63. The van der Waals surface area contributed by atoms with Gasteiger partial charge in [0.1, 0.15) is 5.69 Å². The van der Waals surface area contributed by atoms with E-state index in [4.69, 9.17) is 4.52 Å². The summed E-state index contributed by atoms with van der Waals surface area (Å²) < 4.78 is 44.4. The first-order chi connectivity index (χ1) is 8.42. The van der Waals surface area contributed by atoms with Gasteiger partial charge in [0, 0.05) is 6.20 Å². The van der Waals surface area contributed by atoms with Gasteiger partial charge in [-0.2, -0.15) is 0 Å². The van der Waals surface area contributed by atoms with Crippen LogP contribution in [-0.4, -0.2) is 18.6 Å². The Bertz CT molecular complexity index is 662. The Labute approximate surface area is 103 Å². The monoisotopic (exact) mass is 271 g/mol. The summed E-state index contributed by atoms with van der Waals surface area (Å²) in [7, 11) is -3.93. The summed E-state index contributed by atoms with van der Waals surface area (Å²) in [6.45, 7) is 2.96. The lowest BCUT2D eigenvalue weighted by atomic mass is 10.4. The first-order valence-corrected chi connectivity index (χ1v) is 6.45. The van der Waals surface area contributed by atoms with E-state index in [1.165, 1.54) is 26.1 Å². The average molecular weight is 271 g/mol. The topological polar surface area (TPSA) is 85.1 Å². The largest absolute Gasteiger partial charge is 0.360 e. The first kappa shape index (κ1) is 12.5. The Kier molecular flexibility index (Phi) is 3.04. The van der Waals surface area contributed by atoms with Crippen molar-refractivity contribution in [2.75, 3.05) is 4.72 Å². The molecule has 18 heavy (non-hydrogen) atoms. The average Bonchev–Trinajstić information content (AvgIpc) is 2.62. The fraction of sp³-hybridized carbons (Fsp3) is 0.200. The summed E-state index contributed by atoms with van der Waals surface area (Å²) in [5.74, 6) is -0.609. The standard InChI is InChI=1S/C10H10FN3O3S/c1-6-10(7(2)17-13-6)18(15,16)14-9-3-4-12-5-8(9)11/h3-5H,1-2H3,(H,12,14). The van der Waals surface area contributed by atoms with Crippen molar-refractivity contribution < 1.29 is 17.3 Å². The van der Waals surface area contributed by atoms with Crippen molar-refractivity contribution in [2.24, 2.45) is 0 Å². The highest BCUT2D eigenvalue weighted by Gasteiger charge is 2.25. The number of sulfonamides is 1. The Hall–Kier alpha value is -1.96. The van der Waals surface area contributed by atoms with Crippen LogP contribution in [0.25, 0.3) is 0 Å². The zero-order chi connectivity index (χ0) is 13.3. The van der Waals surface area contributed by atoms with Gasteiger partial charge < -0.3 is 4.52 Å². The van der Waals surface area contributed by atoms with Crippen molar-refractivity contribution in [3.63, 3.8) is 0 Å². The van der Waals surface area contributed by atoms with E-state index in [9.17, 15) is 12.8 Å². The number of nitrogens with zero attached hydrogens (tertiary/aromatic N) is 2. The molecule has 96 valence electrons. The molecule has 1 N–H and O–H groups in total. The molecule has 0 aliphatic rings. The van der Waals surface area contributed by atoms with Crippen molar-refractivity contribution in [1.29, 1.82) is 0 Å². The maximum atomic E-state index is 13.3. The Morgan fingerprint density at radius 2 is 2.11 bits per heavy atom. The van der Waals surface area contributed by atoms with Gasteiger partial charge in [-0.05, 0) is 19.9 Å². The third-order valence-corrected chi connectivity index (χ3v) is 3.86. The maximum Gasteiger partial charge on any atom is 0.267 e. The molecular weight excluding hydrogens is 261 g/mol. The molecule has 0 aliphatic heterocycles. The molecule has 0 atom stereocenters. The molecule has 0 spiro atoms. The molecular formula is C10H10FN3O3S. The molecule has 2 aromatic rings. The van der Waals surface area contributed by atoms with Gasteiger partial charge in [-0.25, -0.2) is 12.8 Å². The molecule has 0 saturated heterocycles. The quantitative estimate of drug-likeness (QED) is 0.917. The number of anilines is 1. The van der Waals surface area contributed by atoms with Crippen LogP contribution < -0.4 is 4.72 Å². The normalized spacial score (nSPS) is 11.5. The van der Waals surface area contributed by atoms with Gasteiger partial charge in [-0.1, -0.05) is 5.16 Å². The van der Waals surface area contributed by atoms with Crippen LogP contribution in [-0.2, 0) is 10.0 Å². The Morgan fingerprint density at radius 1 is 1.39 bits per heavy atom.